The van der Waals surface area contributed by atoms with E-state index in [-0.39, 0.29) is 5.82 Å². The lowest BCUT2D eigenvalue weighted by Gasteiger charge is -2.32. The molecule has 0 amide bonds. The van der Waals surface area contributed by atoms with Crippen LogP contribution in [0.15, 0.2) is 152 Å². The number of hydrogen-bond acceptors (Lipinski definition) is 13. The maximum Gasteiger partial charge on any atom is 0.140 e. The first-order chi connectivity index (χ1) is 53.9. The summed E-state index contributed by atoms with van der Waals surface area (Å²) >= 11 is 31.3. The molecule has 17 nitrogen and oxygen atoms in total. The molecule has 8 aliphatic heterocycles. The number of aromatic nitrogens is 8. The lowest BCUT2D eigenvalue weighted by Crippen LogP contribution is -2.33. The molecule has 8 aromatic heterocycles. The Labute approximate surface area is 678 Å². The molecule has 4 fully saturated rings. The number of rotatable bonds is 13. The molecule has 12 aromatic rings. The number of fused-ring (bicyclic) bond motifs is 20. The maximum absolute atomic E-state index is 13.3. The Morgan fingerprint density at radius 3 is 0.920 bits per heavy atom. The van der Waals surface area contributed by atoms with Crippen LogP contribution in [-0.2, 0) is 74.3 Å². The average molecular weight is 1610 g/mol. The largest absolute Gasteiger partial charge is 0.497 e. The molecule has 8 aliphatic rings. The predicted molar refractivity (Wildman–Crippen MR) is 444 cm³/mol. The highest BCUT2D eigenvalue weighted by atomic mass is 35.5. The minimum atomic E-state index is -1.14. The Morgan fingerprint density at radius 1 is 0.366 bits per heavy atom. The molecule has 0 bridgehead atoms. The monoisotopic (exact) mass is 1610 g/mol. The van der Waals surface area contributed by atoms with Gasteiger partial charge in [0.05, 0.1) is 53.4 Å². The summed E-state index contributed by atoms with van der Waals surface area (Å²) in [5.74, 6) is 0.479. The fraction of sp³-hybridized carbons (Fsp3) is 0.416. The fourth-order valence-electron chi connectivity index (χ4n) is 20.0. The number of halogens is 6. The van der Waals surface area contributed by atoms with Crippen LogP contribution in [0.25, 0.3) is 44.1 Å². The van der Waals surface area contributed by atoms with E-state index in [0.717, 1.165) is 144 Å². The third kappa shape index (κ3) is 14.6. The van der Waals surface area contributed by atoms with Gasteiger partial charge in [-0.25, -0.2) is 24.3 Å². The molecule has 4 aromatic carbocycles. The molecule has 0 saturated carbocycles. The van der Waals surface area contributed by atoms with E-state index < -0.39 is 22.4 Å². The zero-order chi connectivity index (χ0) is 77.7. The predicted octanol–water partition coefficient (Wildman–Crippen LogP) is 18.0. The van der Waals surface area contributed by atoms with Gasteiger partial charge in [-0.1, -0.05) is 125 Å². The number of benzene rings is 4. The number of methoxy groups -OCH3 is 1. The number of ether oxygens (including phenoxy) is 1. The van der Waals surface area contributed by atoms with E-state index in [2.05, 4.69) is 63.9 Å². The van der Waals surface area contributed by atoms with Crippen LogP contribution < -0.4 is 4.74 Å². The molecular formula is C89H96Cl5FN12O5. The second-order valence-electron chi connectivity index (χ2n) is 32.9. The molecule has 0 spiro atoms. The van der Waals surface area contributed by atoms with Gasteiger partial charge >= 0.3 is 0 Å². The second-order valence-corrected chi connectivity index (χ2v) is 35.0. The quantitative estimate of drug-likeness (QED) is 0.0859. The van der Waals surface area contributed by atoms with Gasteiger partial charge in [0.25, 0.3) is 0 Å². The van der Waals surface area contributed by atoms with E-state index in [4.69, 9.17) is 62.7 Å². The average Bonchev–Trinajstić information content (AvgIpc) is 1.60. The van der Waals surface area contributed by atoms with Crippen molar-refractivity contribution in [3.8, 4) is 5.75 Å². The molecule has 8 atom stereocenters. The smallest absolute Gasteiger partial charge is 0.140 e. The molecule has 584 valence electrons. The Kier molecular flexibility index (Phi) is 21.3. The highest BCUT2D eigenvalue weighted by molar-refractivity contribution is 6.32. The van der Waals surface area contributed by atoms with Crippen molar-refractivity contribution in [1.29, 1.82) is 0 Å². The first kappa shape index (κ1) is 77.1. The molecule has 4 N–H and O–H groups in total. The van der Waals surface area contributed by atoms with Crippen molar-refractivity contribution >= 4 is 102 Å². The topological polar surface area (TPSA) is 174 Å². The Morgan fingerprint density at radius 2 is 0.634 bits per heavy atom. The summed E-state index contributed by atoms with van der Waals surface area (Å²) in [5.41, 5.74) is 13.4. The van der Waals surface area contributed by atoms with Crippen molar-refractivity contribution < 1.29 is 29.6 Å². The summed E-state index contributed by atoms with van der Waals surface area (Å²) in [5, 5.41) is 53.0. The van der Waals surface area contributed by atoms with Crippen LogP contribution in [0.1, 0.15) is 171 Å². The zero-order valence-corrected chi connectivity index (χ0v) is 67.8. The van der Waals surface area contributed by atoms with Gasteiger partial charge in [0.15, 0.2) is 0 Å². The van der Waals surface area contributed by atoms with Gasteiger partial charge in [-0.05, 0) is 210 Å². The van der Waals surface area contributed by atoms with Gasteiger partial charge in [0.2, 0.25) is 0 Å². The summed E-state index contributed by atoms with van der Waals surface area (Å²) in [6, 6.07) is 40.9. The summed E-state index contributed by atoms with van der Waals surface area (Å²) in [4.78, 5) is 29.0. The maximum atomic E-state index is 13.3. The molecular weight excluding hydrogens is 1510 g/mol. The molecule has 0 aliphatic carbocycles. The number of hydrogen-bond donors (Lipinski definition) is 4. The van der Waals surface area contributed by atoms with E-state index in [0.29, 0.717) is 81.0 Å². The molecule has 23 heteroatoms. The first-order valence-corrected chi connectivity index (χ1v) is 41.5. The minimum absolute atomic E-state index is 0.305. The molecule has 16 heterocycles. The summed E-state index contributed by atoms with van der Waals surface area (Å²) < 4.78 is 27.4. The van der Waals surface area contributed by atoms with Gasteiger partial charge in [0.1, 0.15) is 56.6 Å². The molecule has 4 saturated heterocycles. The lowest BCUT2D eigenvalue weighted by atomic mass is 9.94. The van der Waals surface area contributed by atoms with Gasteiger partial charge < -0.3 is 43.4 Å². The first-order valence-electron chi connectivity index (χ1n) is 39.6. The van der Waals surface area contributed by atoms with E-state index in [1.54, 1.807) is 51.0 Å². The highest BCUT2D eigenvalue weighted by Gasteiger charge is 2.43. The third-order valence-corrected chi connectivity index (χ3v) is 26.4. The SMILES string of the molecule is CC(O)(Cn1c2c(c3cc(Cl)cnc31)C1CCCN1CC2)c1ccc(Cl)cc1.CC(O)(Cn1c2c(c3cc(Cl)cnc31)C1CCCN1CC2)c1ccc(F)cc1.CC(O)(Cn1c2c(c3cc(Cl)cnc31)C1CCCN1CC2)c1ccccc1.COc1ccc(C(C)(O)Cn2c3c(c4cc(Cl)cnc42)C2CCCN2CC3)cc1. The molecule has 0 radical (unpaired) electrons. The van der Waals surface area contributed by atoms with Crippen LogP contribution in [0.5, 0.6) is 5.75 Å². The fourth-order valence-corrected chi connectivity index (χ4v) is 20.7. The van der Waals surface area contributed by atoms with Gasteiger partial charge in [-0.15, -0.1) is 0 Å². The molecule has 112 heavy (non-hydrogen) atoms. The van der Waals surface area contributed by atoms with Crippen molar-refractivity contribution in [3.05, 3.63) is 250 Å². The van der Waals surface area contributed by atoms with E-state index in [1.165, 1.54) is 109 Å². The van der Waals surface area contributed by atoms with Crippen molar-refractivity contribution in [2.24, 2.45) is 0 Å². The number of nitrogens with zero attached hydrogens (tertiary/aromatic N) is 12. The van der Waals surface area contributed by atoms with E-state index in [9.17, 15) is 24.8 Å². The van der Waals surface area contributed by atoms with Crippen LogP contribution in [-0.4, -0.2) is 138 Å². The van der Waals surface area contributed by atoms with Crippen molar-refractivity contribution in [2.75, 3.05) is 59.5 Å². The van der Waals surface area contributed by atoms with Crippen LogP contribution in [0.2, 0.25) is 25.1 Å². The van der Waals surface area contributed by atoms with Gasteiger partial charge in [-0.2, -0.15) is 0 Å². The van der Waals surface area contributed by atoms with Crippen molar-refractivity contribution in [3.63, 3.8) is 0 Å². The summed E-state index contributed by atoms with van der Waals surface area (Å²) in [7, 11) is 1.65. The number of pyridine rings is 4. The summed E-state index contributed by atoms with van der Waals surface area (Å²) in [6.45, 7) is 18.0. The number of aliphatic hydroxyl groups is 4. The lowest BCUT2D eigenvalue weighted by molar-refractivity contribution is 0.0377. The van der Waals surface area contributed by atoms with E-state index in [1.807, 2.05) is 118 Å². The Hall–Kier alpha value is -7.50. The third-order valence-electron chi connectivity index (χ3n) is 25.3. The Bertz CT molecular complexity index is 5320. The highest BCUT2D eigenvalue weighted by Crippen LogP contribution is 2.49. The van der Waals surface area contributed by atoms with E-state index >= 15 is 0 Å². The van der Waals surface area contributed by atoms with Gasteiger partial charge in [0, 0.05) is 150 Å². The molecule has 20 rings (SSSR count). The Balaban J connectivity index is 0.000000108. The van der Waals surface area contributed by atoms with Crippen molar-refractivity contribution in [2.45, 2.75) is 177 Å². The zero-order valence-electron chi connectivity index (χ0n) is 64.0. The van der Waals surface area contributed by atoms with Crippen LogP contribution in [0.4, 0.5) is 4.39 Å². The van der Waals surface area contributed by atoms with Crippen LogP contribution in [0, 0.1) is 5.82 Å². The summed E-state index contributed by atoms with van der Waals surface area (Å²) in [6.07, 6.45) is 20.3. The van der Waals surface area contributed by atoms with Crippen LogP contribution in [0.3, 0.4) is 0 Å². The molecule has 8 unspecified atom stereocenters. The minimum Gasteiger partial charge on any atom is -0.497 e. The van der Waals surface area contributed by atoms with Gasteiger partial charge in [-0.3, -0.25) is 19.6 Å². The normalized spacial score (nSPS) is 21.5. The standard InChI is InChI=1S/C23H26ClN3O2.C22H23Cl2N3O.C22H23ClFN3O.C22H24ClN3O/c1-23(28,15-5-7-17(29-2)8-6-15)14-27-20-9-11-26-10-3-4-19(26)21(20)18-12-16(24)13-25-22(18)27;1-22(28,14-4-6-15(23)7-5-14)13-27-19-8-10-26-9-2-3-18(26)20(19)17-11-16(24)12-25-21(17)27;1-22(28,14-4-6-16(24)7-5-14)13-27-19-8-10-26-9-2-3-18(26)20(19)17-11-15(23)12-25-21(17)27;1-22(27,15-6-3-2-4-7-15)14-26-19-9-11-25-10-5-8-18(25)20(19)17-12-16(23)13-24-21(17)26/h5-8,12-13,19,28H,3-4,9-11,14H2,1-2H3;2*4-7,11-12,18,28H,2-3,8-10,13H2,1H3;2-4,6-7,12-13,18,27H,5,8-11,14H2,1H3. The van der Waals surface area contributed by atoms with Crippen molar-refractivity contribution in [1.82, 2.24) is 57.8 Å². The van der Waals surface area contributed by atoms with Crippen LogP contribution >= 0.6 is 58.0 Å². The second kappa shape index (κ2) is 30.9.